The van der Waals surface area contributed by atoms with Gasteiger partial charge in [0.2, 0.25) is 5.91 Å². The summed E-state index contributed by atoms with van der Waals surface area (Å²) in [5.41, 5.74) is 9.05. The molecule has 1 amide bonds. The van der Waals surface area contributed by atoms with Gasteiger partial charge in [0, 0.05) is 42.7 Å². The lowest BCUT2D eigenvalue weighted by Gasteiger charge is -2.12. The van der Waals surface area contributed by atoms with Crippen molar-refractivity contribution in [2.45, 2.75) is 13.5 Å². The Hall–Kier alpha value is -3.41. The zero-order valence-corrected chi connectivity index (χ0v) is 13.9. The number of benzene rings is 2. The molecule has 0 saturated heterocycles. The first-order valence-corrected chi connectivity index (χ1v) is 7.86. The number of carbonyl (C=O) groups is 1. The number of amides is 1. The Morgan fingerprint density at radius 1 is 1.20 bits per heavy atom. The predicted octanol–water partition coefficient (Wildman–Crippen LogP) is 2.84. The highest BCUT2D eigenvalue weighted by Gasteiger charge is 2.10. The third-order valence-corrected chi connectivity index (χ3v) is 3.83. The Morgan fingerprint density at radius 2 is 1.92 bits per heavy atom. The Morgan fingerprint density at radius 3 is 2.60 bits per heavy atom. The second-order valence-electron chi connectivity index (χ2n) is 5.71. The Labute approximate surface area is 145 Å². The monoisotopic (exact) mass is 333 g/mol. The van der Waals surface area contributed by atoms with Gasteiger partial charge in [-0.05, 0) is 29.8 Å². The Balaban J connectivity index is 1.89. The second-order valence-corrected chi connectivity index (χ2v) is 5.71. The molecule has 0 aliphatic rings. The molecule has 0 atom stereocenters. The molecule has 126 valence electrons. The molecule has 0 fully saturated rings. The lowest BCUT2D eigenvalue weighted by Crippen LogP contribution is -2.15. The fourth-order valence-electron chi connectivity index (χ4n) is 2.71. The van der Waals surface area contributed by atoms with Crippen molar-refractivity contribution in [1.82, 2.24) is 9.55 Å². The van der Waals surface area contributed by atoms with Crippen LogP contribution in [-0.2, 0) is 11.3 Å². The summed E-state index contributed by atoms with van der Waals surface area (Å²) in [4.78, 5) is 15.6. The van der Waals surface area contributed by atoms with E-state index in [0.29, 0.717) is 6.54 Å². The fraction of sp³-hybridized carbons (Fsp3) is 0.105. The van der Waals surface area contributed by atoms with Gasteiger partial charge in [0.05, 0.1) is 0 Å². The first-order chi connectivity index (χ1) is 12.0. The van der Waals surface area contributed by atoms with Crippen molar-refractivity contribution < 1.29 is 4.79 Å². The molecule has 6 heteroatoms. The summed E-state index contributed by atoms with van der Waals surface area (Å²) in [5.74, 6) is 0.764. The minimum absolute atomic E-state index is 0.0527. The van der Waals surface area contributed by atoms with E-state index < -0.39 is 0 Å². The smallest absolute Gasteiger partial charge is 0.221 e. The quantitative estimate of drug-likeness (QED) is 0.495. The molecule has 0 unspecified atom stereocenters. The van der Waals surface area contributed by atoms with Crippen LogP contribution in [0.25, 0.3) is 11.4 Å². The highest BCUT2D eigenvalue weighted by molar-refractivity contribution is 5.96. The molecule has 0 spiro atoms. The van der Waals surface area contributed by atoms with Crippen molar-refractivity contribution in [1.29, 1.82) is 5.41 Å². The van der Waals surface area contributed by atoms with Crippen molar-refractivity contribution in [2.75, 3.05) is 5.32 Å². The van der Waals surface area contributed by atoms with Gasteiger partial charge < -0.3 is 15.6 Å². The average Bonchev–Trinajstić information content (AvgIpc) is 3.03. The molecule has 25 heavy (non-hydrogen) atoms. The molecular weight excluding hydrogens is 314 g/mol. The Bertz CT molecular complexity index is 912. The highest BCUT2D eigenvalue weighted by Crippen LogP contribution is 2.21. The van der Waals surface area contributed by atoms with Gasteiger partial charge in [0.25, 0.3) is 0 Å². The molecule has 0 radical (unpaired) electrons. The van der Waals surface area contributed by atoms with Crippen LogP contribution in [-0.4, -0.2) is 21.3 Å². The van der Waals surface area contributed by atoms with Crippen LogP contribution in [0.2, 0.25) is 0 Å². The van der Waals surface area contributed by atoms with Crippen molar-refractivity contribution in [3.63, 3.8) is 0 Å². The van der Waals surface area contributed by atoms with E-state index in [4.69, 9.17) is 11.1 Å². The van der Waals surface area contributed by atoms with Gasteiger partial charge in [-0.15, -0.1) is 0 Å². The number of nitrogens with zero attached hydrogens (tertiary/aromatic N) is 2. The Kier molecular flexibility index (Phi) is 4.61. The number of hydrogen-bond donors (Lipinski definition) is 3. The fourth-order valence-corrected chi connectivity index (χ4v) is 2.71. The highest BCUT2D eigenvalue weighted by atomic mass is 16.1. The third-order valence-electron chi connectivity index (χ3n) is 3.83. The molecule has 0 aliphatic carbocycles. The van der Waals surface area contributed by atoms with Gasteiger partial charge >= 0.3 is 0 Å². The summed E-state index contributed by atoms with van der Waals surface area (Å²) in [6, 6.07) is 15.1. The van der Waals surface area contributed by atoms with E-state index in [1.54, 1.807) is 6.20 Å². The van der Waals surface area contributed by atoms with Crippen LogP contribution >= 0.6 is 0 Å². The number of anilines is 1. The maximum absolute atomic E-state index is 11.1. The van der Waals surface area contributed by atoms with E-state index >= 15 is 0 Å². The molecule has 6 nitrogen and oxygen atoms in total. The molecule has 0 aliphatic heterocycles. The minimum Gasteiger partial charge on any atom is -0.384 e. The molecule has 3 aromatic rings. The topological polar surface area (TPSA) is 96.8 Å². The summed E-state index contributed by atoms with van der Waals surface area (Å²) < 4.78 is 2.01. The number of nitrogens with two attached hydrogens (primary N) is 1. The van der Waals surface area contributed by atoms with Crippen molar-refractivity contribution in [3.8, 4) is 11.4 Å². The number of imidazole rings is 1. The van der Waals surface area contributed by atoms with E-state index in [2.05, 4.69) is 10.3 Å². The molecular formula is C19H19N5O. The van der Waals surface area contributed by atoms with Crippen LogP contribution in [0.5, 0.6) is 0 Å². The first kappa shape index (κ1) is 16.4. The van der Waals surface area contributed by atoms with E-state index in [0.717, 1.165) is 28.2 Å². The number of carbonyl (C=O) groups excluding carboxylic acids is 1. The van der Waals surface area contributed by atoms with Crippen molar-refractivity contribution in [3.05, 3.63) is 72.1 Å². The maximum Gasteiger partial charge on any atom is 0.221 e. The predicted molar refractivity (Wildman–Crippen MR) is 98.5 cm³/mol. The maximum atomic E-state index is 11.1. The molecule has 0 saturated carbocycles. The molecule has 3 rings (SSSR count). The average molecular weight is 333 g/mol. The van der Waals surface area contributed by atoms with E-state index in [1.807, 2.05) is 59.3 Å². The summed E-state index contributed by atoms with van der Waals surface area (Å²) in [6.45, 7) is 2.05. The van der Waals surface area contributed by atoms with Crippen LogP contribution in [0.3, 0.4) is 0 Å². The van der Waals surface area contributed by atoms with Crippen LogP contribution in [0, 0.1) is 5.41 Å². The van der Waals surface area contributed by atoms with Gasteiger partial charge in [0.15, 0.2) is 0 Å². The first-order valence-electron chi connectivity index (χ1n) is 7.86. The van der Waals surface area contributed by atoms with Crippen LogP contribution in [0.15, 0.2) is 60.9 Å². The molecule has 0 bridgehead atoms. The zero-order chi connectivity index (χ0) is 17.8. The van der Waals surface area contributed by atoms with Gasteiger partial charge in [-0.2, -0.15) is 0 Å². The summed E-state index contributed by atoms with van der Waals surface area (Å²) in [6.07, 6.45) is 3.64. The number of nitrogens with one attached hydrogen (secondary N) is 2. The molecule has 2 aromatic carbocycles. The number of amidine groups is 1. The van der Waals surface area contributed by atoms with Gasteiger partial charge in [-0.3, -0.25) is 10.2 Å². The van der Waals surface area contributed by atoms with Crippen molar-refractivity contribution in [2.24, 2.45) is 5.73 Å². The standard InChI is InChI=1S/C19H19N5O/c1-13(25)23-16-8-6-14(7-9-16)19-22-10-11-24(19)12-15-4-2-3-5-17(15)18(20)21/h2-11H,12H2,1H3,(H3,20,21)(H,23,25). The molecule has 4 N–H and O–H groups in total. The normalized spacial score (nSPS) is 10.4. The third kappa shape index (κ3) is 3.74. The van der Waals surface area contributed by atoms with E-state index in [9.17, 15) is 4.79 Å². The minimum atomic E-state index is -0.102. The lowest BCUT2D eigenvalue weighted by molar-refractivity contribution is -0.114. The number of aromatic nitrogens is 2. The number of rotatable bonds is 5. The van der Waals surface area contributed by atoms with Gasteiger partial charge in [-0.1, -0.05) is 24.3 Å². The second kappa shape index (κ2) is 7.00. The summed E-state index contributed by atoms with van der Waals surface area (Å²) in [7, 11) is 0. The summed E-state index contributed by atoms with van der Waals surface area (Å²) in [5, 5.41) is 10.5. The number of nitrogen functional groups attached to an aromatic ring is 1. The van der Waals surface area contributed by atoms with Crippen LogP contribution in [0.1, 0.15) is 18.1 Å². The lowest BCUT2D eigenvalue weighted by atomic mass is 10.1. The largest absolute Gasteiger partial charge is 0.384 e. The zero-order valence-electron chi connectivity index (χ0n) is 13.9. The van der Waals surface area contributed by atoms with Gasteiger partial charge in [0.1, 0.15) is 11.7 Å². The van der Waals surface area contributed by atoms with E-state index in [-0.39, 0.29) is 11.7 Å². The van der Waals surface area contributed by atoms with Gasteiger partial charge in [-0.25, -0.2) is 4.98 Å². The number of hydrogen-bond acceptors (Lipinski definition) is 3. The molecule has 1 heterocycles. The van der Waals surface area contributed by atoms with E-state index in [1.165, 1.54) is 6.92 Å². The SMILES string of the molecule is CC(=O)Nc1ccc(-c2nccn2Cc2ccccc2C(=N)N)cc1. The van der Waals surface area contributed by atoms with Crippen LogP contribution in [0.4, 0.5) is 5.69 Å². The molecule has 1 aromatic heterocycles. The van der Waals surface area contributed by atoms with Crippen LogP contribution < -0.4 is 11.1 Å². The van der Waals surface area contributed by atoms with Crippen molar-refractivity contribution >= 4 is 17.4 Å². The summed E-state index contributed by atoms with van der Waals surface area (Å²) >= 11 is 0.